The fraction of sp³-hybridized carbons (Fsp3) is 0.350. The van der Waals surface area contributed by atoms with E-state index in [1.165, 1.54) is 0 Å². The number of piperazine rings is 1. The third-order valence-electron chi connectivity index (χ3n) is 4.64. The van der Waals surface area contributed by atoms with E-state index in [9.17, 15) is 4.79 Å². The molecule has 1 heterocycles. The number of amides is 1. The lowest BCUT2D eigenvalue weighted by molar-refractivity contribution is -0.116. The van der Waals surface area contributed by atoms with Crippen molar-refractivity contribution in [1.82, 2.24) is 4.90 Å². The fourth-order valence-corrected chi connectivity index (χ4v) is 3.51. The van der Waals surface area contributed by atoms with Gasteiger partial charge in [0.05, 0.1) is 12.8 Å². The Balaban J connectivity index is 1.46. The minimum absolute atomic E-state index is 0.0483. The molecule has 0 unspecified atom stereocenters. The molecule has 2 aromatic carbocycles. The molecule has 144 valence electrons. The summed E-state index contributed by atoms with van der Waals surface area (Å²) in [6.45, 7) is 4.40. The number of hydrogen-bond acceptors (Lipinski definition) is 4. The van der Waals surface area contributed by atoms with Gasteiger partial charge in [-0.05, 0) is 36.4 Å². The summed E-state index contributed by atoms with van der Waals surface area (Å²) in [4.78, 5) is 16.9. The van der Waals surface area contributed by atoms with Gasteiger partial charge in [-0.15, -0.1) is 0 Å². The quantitative estimate of drug-likeness (QED) is 0.780. The molecule has 1 saturated heterocycles. The van der Waals surface area contributed by atoms with Crippen molar-refractivity contribution in [1.29, 1.82) is 0 Å². The Kier molecular flexibility index (Phi) is 6.83. The van der Waals surface area contributed by atoms with E-state index in [4.69, 9.17) is 27.9 Å². The first-order chi connectivity index (χ1) is 13.0. The van der Waals surface area contributed by atoms with Crippen LogP contribution in [0.2, 0.25) is 10.0 Å². The second-order valence-electron chi connectivity index (χ2n) is 6.45. The van der Waals surface area contributed by atoms with Gasteiger partial charge in [0.15, 0.2) is 0 Å². The summed E-state index contributed by atoms with van der Waals surface area (Å²) in [6.07, 6.45) is 0.423. The lowest BCUT2D eigenvalue weighted by atomic mass is 10.2. The average molecular weight is 408 g/mol. The van der Waals surface area contributed by atoms with Crippen molar-refractivity contribution in [2.24, 2.45) is 0 Å². The van der Waals surface area contributed by atoms with E-state index in [-0.39, 0.29) is 5.91 Å². The predicted molar refractivity (Wildman–Crippen MR) is 111 cm³/mol. The molecule has 0 bridgehead atoms. The Morgan fingerprint density at radius 3 is 2.52 bits per heavy atom. The van der Waals surface area contributed by atoms with Crippen LogP contribution >= 0.6 is 23.2 Å². The number of rotatable bonds is 6. The third-order valence-corrected chi connectivity index (χ3v) is 5.11. The van der Waals surface area contributed by atoms with Crippen molar-refractivity contribution in [3.8, 4) is 5.75 Å². The van der Waals surface area contributed by atoms with Gasteiger partial charge in [-0.1, -0.05) is 29.3 Å². The van der Waals surface area contributed by atoms with E-state index in [2.05, 4.69) is 21.2 Å². The zero-order valence-corrected chi connectivity index (χ0v) is 16.8. The molecular weight excluding hydrogens is 385 g/mol. The molecule has 1 aliphatic heterocycles. The van der Waals surface area contributed by atoms with Crippen LogP contribution in [0.1, 0.15) is 6.42 Å². The monoisotopic (exact) mass is 407 g/mol. The average Bonchev–Trinajstić information content (AvgIpc) is 2.67. The minimum atomic E-state index is -0.0483. The summed E-state index contributed by atoms with van der Waals surface area (Å²) in [5.41, 5.74) is 1.74. The summed E-state index contributed by atoms with van der Waals surface area (Å²) in [5.74, 6) is 0.552. The van der Waals surface area contributed by atoms with E-state index in [0.717, 1.165) is 43.4 Å². The zero-order valence-electron chi connectivity index (χ0n) is 15.3. The highest BCUT2D eigenvalue weighted by Crippen LogP contribution is 2.27. The maximum atomic E-state index is 12.3. The molecule has 1 aliphatic rings. The number of nitrogens with one attached hydrogen (secondary N) is 1. The van der Waals surface area contributed by atoms with Crippen LogP contribution in [0.3, 0.4) is 0 Å². The fourth-order valence-electron chi connectivity index (χ4n) is 3.15. The van der Waals surface area contributed by atoms with E-state index in [1.54, 1.807) is 25.3 Å². The number of carbonyl (C=O) groups excluding carboxylic acids is 1. The molecule has 1 N–H and O–H groups in total. The van der Waals surface area contributed by atoms with Gasteiger partial charge in [0.1, 0.15) is 5.75 Å². The largest absolute Gasteiger partial charge is 0.495 e. The van der Waals surface area contributed by atoms with Gasteiger partial charge < -0.3 is 15.0 Å². The topological polar surface area (TPSA) is 44.8 Å². The molecule has 3 rings (SSSR count). The molecule has 0 aromatic heterocycles. The van der Waals surface area contributed by atoms with Crippen molar-refractivity contribution in [3.05, 3.63) is 52.5 Å². The van der Waals surface area contributed by atoms with Crippen LogP contribution in [0.4, 0.5) is 11.4 Å². The molecule has 5 nitrogen and oxygen atoms in total. The van der Waals surface area contributed by atoms with Crippen molar-refractivity contribution < 1.29 is 9.53 Å². The Labute approximate surface area is 169 Å². The van der Waals surface area contributed by atoms with Gasteiger partial charge in [-0.3, -0.25) is 9.69 Å². The van der Waals surface area contributed by atoms with Gasteiger partial charge in [0, 0.05) is 54.9 Å². The van der Waals surface area contributed by atoms with Gasteiger partial charge >= 0.3 is 0 Å². The SMILES string of the molecule is COc1ccc(Cl)cc1NC(=O)CCN1CCN(c2cccc(Cl)c2)CC1. The minimum Gasteiger partial charge on any atom is -0.495 e. The van der Waals surface area contributed by atoms with Crippen LogP contribution in [-0.4, -0.2) is 50.6 Å². The number of carbonyl (C=O) groups is 1. The summed E-state index contributed by atoms with van der Waals surface area (Å²) >= 11 is 12.1. The second-order valence-corrected chi connectivity index (χ2v) is 7.32. The molecular formula is C20H23Cl2N3O2. The first-order valence-electron chi connectivity index (χ1n) is 8.91. The smallest absolute Gasteiger partial charge is 0.225 e. The maximum absolute atomic E-state index is 12.3. The Hall–Kier alpha value is -1.95. The standard InChI is InChI=1S/C20H23Cl2N3O2/c1-27-19-6-5-16(22)14-18(19)23-20(26)7-8-24-9-11-25(12-10-24)17-4-2-3-15(21)13-17/h2-6,13-14H,7-12H2,1H3,(H,23,26). The molecule has 7 heteroatoms. The molecule has 0 spiro atoms. The molecule has 27 heavy (non-hydrogen) atoms. The van der Waals surface area contributed by atoms with E-state index < -0.39 is 0 Å². The van der Waals surface area contributed by atoms with Crippen molar-refractivity contribution in [2.75, 3.05) is 50.1 Å². The normalized spacial score (nSPS) is 14.9. The van der Waals surface area contributed by atoms with Gasteiger partial charge in [-0.25, -0.2) is 0 Å². The molecule has 0 radical (unpaired) electrons. The molecule has 2 aromatic rings. The van der Waals surface area contributed by atoms with Crippen LogP contribution in [0.25, 0.3) is 0 Å². The van der Waals surface area contributed by atoms with Crippen molar-refractivity contribution >= 4 is 40.5 Å². The number of halogens is 2. The molecule has 0 saturated carbocycles. The summed E-state index contributed by atoms with van der Waals surface area (Å²) < 4.78 is 5.26. The van der Waals surface area contributed by atoms with E-state index in [1.807, 2.05) is 18.2 Å². The zero-order chi connectivity index (χ0) is 19.2. The number of anilines is 2. The van der Waals surface area contributed by atoms with Crippen LogP contribution in [0, 0.1) is 0 Å². The number of methoxy groups -OCH3 is 1. The van der Waals surface area contributed by atoms with Gasteiger partial charge in [-0.2, -0.15) is 0 Å². The highest BCUT2D eigenvalue weighted by atomic mass is 35.5. The molecule has 1 fully saturated rings. The Bertz CT molecular complexity index is 793. The van der Waals surface area contributed by atoms with Crippen LogP contribution in [0.5, 0.6) is 5.75 Å². The number of nitrogens with zero attached hydrogens (tertiary/aromatic N) is 2. The van der Waals surface area contributed by atoms with E-state index in [0.29, 0.717) is 22.9 Å². The highest BCUT2D eigenvalue weighted by Gasteiger charge is 2.18. The van der Waals surface area contributed by atoms with Crippen molar-refractivity contribution in [3.63, 3.8) is 0 Å². The van der Waals surface area contributed by atoms with Gasteiger partial charge in [0.25, 0.3) is 0 Å². The number of hydrogen-bond donors (Lipinski definition) is 1. The first-order valence-corrected chi connectivity index (χ1v) is 9.67. The van der Waals surface area contributed by atoms with Crippen molar-refractivity contribution in [2.45, 2.75) is 6.42 Å². The maximum Gasteiger partial charge on any atom is 0.225 e. The highest BCUT2D eigenvalue weighted by molar-refractivity contribution is 6.31. The summed E-state index contributed by atoms with van der Waals surface area (Å²) in [7, 11) is 1.57. The van der Waals surface area contributed by atoms with Gasteiger partial charge in [0.2, 0.25) is 5.91 Å². The van der Waals surface area contributed by atoms with Crippen LogP contribution < -0.4 is 15.0 Å². The summed E-state index contributed by atoms with van der Waals surface area (Å²) in [6, 6.07) is 13.1. The Morgan fingerprint density at radius 2 is 1.81 bits per heavy atom. The molecule has 0 aliphatic carbocycles. The number of benzene rings is 2. The Morgan fingerprint density at radius 1 is 1.07 bits per heavy atom. The first kappa shape index (κ1) is 19.8. The molecule has 1 amide bonds. The lowest BCUT2D eigenvalue weighted by Crippen LogP contribution is -2.47. The number of ether oxygens (including phenoxy) is 1. The summed E-state index contributed by atoms with van der Waals surface area (Å²) in [5, 5.41) is 4.19. The molecule has 0 atom stereocenters. The predicted octanol–water partition coefficient (Wildman–Crippen LogP) is 4.15. The van der Waals surface area contributed by atoms with Crippen LogP contribution in [-0.2, 0) is 4.79 Å². The second kappa shape index (κ2) is 9.31. The van der Waals surface area contributed by atoms with Crippen LogP contribution in [0.15, 0.2) is 42.5 Å². The third kappa shape index (κ3) is 5.51. The van der Waals surface area contributed by atoms with E-state index >= 15 is 0 Å². The lowest BCUT2D eigenvalue weighted by Gasteiger charge is -2.36.